The van der Waals surface area contributed by atoms with Crippen LogP contribution < -0.4 is 0 Å². The van der Waals surface area contributed by atoms with E-state index in [9.17, 15) is 0 Å². The van der Waals surface area contributed by atoms with Gasteiger partial charge in [-0.3, -0.25) is 0 Å². The van der Waals surface area contributed by atoms with Crippen LogP contribution in [-0.4, -0.2) is 5.54 Å². The van der Waals surface area contributed by atoms with Crippen LogP contribution in [0, 0.1) is 11.3 Å². The molecule has 0 N–H and O–H groups in total. The van der Waals surface area contributed by atoms with Crippen LogP contribution in [0.3, 0.4) is 0 Å². The summed E-state index contributed by atoms with van der Waals surface area (Å²) in [6.07, 6.45) is 0. The molecule has 0 amide bonds. The Hall–Kier alpha value is -1.69. The van der Waals surface area contributed by atoms with Gasteiger partial charge in [-0.15, -0.1) is 0 Å². The van der Waals surface area contributed by atoms with E-state index in [4.69, 9.17) is 5.26 Å². The van der Waals surface area contributed by atoms with Crippen molar-refractivity contribution in [3.8, 4) is 6.07 Å². The molecule has 0 saturated carbocycles. The highest BCUT2D eigenvalue weighted by Gasteiger charge is 2.13. The van der Waals surface area contributed by atoms with Gasteiger partial charge in [-0.2, -0.15) is 15.5 Å². The van der Waals surface area contributed by atoms with Crippen LogP contribution in [0.25, 0.3) is 0 Å². The lowest BCUT2D eigenvalue weighted by Gasteiger charge is -2.04. The second-order valence-corrected chi connectivity index (χ2v) is 3.21. The lowest BCUT2D eigenvalue weighted by molar-refractivity contribution is 0.634. The van der Waals surface area contributed by atoms with Crippen LogP contribution in [0.1, 0.15) is 13.8 Å². The Labute approximate surface area is 77.7 Å². The SMILES string of the molecule is CC(C)(C#N)/N=N/c1ccccc1. The highest BCUT2D eigenvalue weighted by Crippen LogP contribution is 2.15. The van der Waals surface area contributed by atoms with E-state index < -0.39 is 5.54 Å². The van der Waals surface area contributed by atoms with E-state index >= 15 is 0 Å². The standard InChI is InChI=1S/C10H11N3/c1-10(2,8-11)13-12-9-6-4-3-5-7-9/h3-7H,1-2H3/b13-12+. The Morgan fingerprint density at radius 3 is 2.38 bits per heavy atom. The first-order chi connectivity index (χ1) is 6.14. The van der Waals surface area contributed by atoms with Crippen molar-refractivity contribution < 1.29 is 0 Å². The number of rotatable bonds is 2. The van der Waals surface area contributed by atoms with Gasteiger partial charge in [0.25, 0.3) is 0 Å². The zero-order chi connectivity index (χ0) is 9.73. The normalized spacial score (nSPS) is 11.5. The Balaban J connectivity index is 2.77. The fourth-order valence-corrected chi connectivity index (χ4v) is 0.700. The molecule has 0 spiro atoms. The molecule has 0 fully saturated rings. The van der Waals surface area contributed by atoms with Gasteiger partial charge in [-0.05, 0) is 26.0 Å². The van der Waals surface area contributed by atoms with Crippen LogP contribution in [0.2, 0.25) is 0 Å². The predicted molar refractivity (Wildman–Crippen MR) is 50.7 cm³/mol. The van der Waals surface area contributed by atoms with Crippen LogP contribution in [0.4, 0.5) is 5.69 Å². The van der Waals surface area contributed by atoms with Crippen molar-refractivity contribution in [3.05, 3.63) is 30.3 Å². The largest absolute Gasteiger partial charge is 0.196 e. The van der Waals surface area contributed by atoms with Crippen LogP contribution >= 0.6 is 0 Å². The van der Waals surface area contributed by atoms with Gasteiger partial charge in [0, 0.05) is 0 Å². The molecule has 0 bridgehead atoms. The Morgan fingerprint density at radius 1 is 1.23 bits per heavy atom. The Morgan fingerprint density at radius 2 is 1.85 bits per heavy atom. The fraction of sp³-hybridized carbons (Fsp3) is 0.300. The maximum absolute atomic E-state index is 8.67. The smallest absolute Gasteiger partial charge is 0.162 e. The Kier molecular flexibility index (Phi) is 2.76. The van der Waals surface area contributed by atoms with E-state index in [1.165, 1.54) is 0 Å². The molecule has 1 rings (SSSR count). The summed E-state index contributed by atoms with van der Waals surface area (Å²) in [5.74, 6) is 0. The van der Waals surface area contributed by atoms with Crippen LogP contribution in [0.5, 0.6) is 0 Å². The van der Waals surface area contributed by atoms with Gasteiger partial charge in [-0.25, -0.2) is 0 Å². The third-order valence-electron chi connectivity index (χ3n) is 1.45. The first-order valence-electron chi connectivity index (χ1n) is 4.03. The van der Waals surface area contributed by atoms with Crippen molar-refractivity contribution in [2.75, 3.05) is 0 Å². The Bertz CT molecular complexity index is 333. The maximum Gasteiger partial charge on any atom is 0.162 e. The molecule has 0 unspecified atom stereocenters. The zero-order valence-corrected chi connectivity index (χ0v) is 7.73. The number of nitriles is 1. The number of nitrogens with zero attached hydrogens (tertiary/aromatic N) is 3. The molecule has 1 aromatic carbocycles. The molecular weight excluding hydrogens is 162 g/mol. The summed E-state index contributed by atoms with van der Waals surface area (Å²) in [4.78, 5) is 0. The average molecular weight is 173 g/mol. The summed E-state index contributed by atoms with van der Waals surface area (Å²) in [6, 6.07) is 11.4. The van der Waals surface area contributed by atoms with Crippen LogP contribution in [0.15, 0.2) is 40.6 Å². The van der Waals surface area contributed by atoms with E-state index in [0.29, 0.717) is 0 Å². The quantitative estimate of drug-likeness (QED) is 0.634. The summed E-state index contributed by atoms with van der Waals surface area (Å²) in [6.45, 7) is 3.44. The average Bonchev–Trinajstić information content (AvgIpc) is 2.17. The summed E-state index contributed by atoms with van der Waals surface area (Å²) < 4.78 is 0. The summed E-state index contributed by atoms with van der Waals surface area (Å²) in [5, 5.41) is 16.5. The third kappa shape index (κ3) is 3.04. The molecule has 1 aromatic rings. The van der Waals surface area contributed by atoms with Gasteiger partial charge in [0.15, 0.2) is 5.54 Å². The predicted octanol–water partition coefficient (Wildman–Crippen LogP) is 3.07. The molecule has 0 heterocycles. The van der Waals surface area contributed by atoms with E-state index in [1.54, 1.807) is 13.8 Å². The van der Waals surface area contributed by atoms with Crippen molar-refractivity contribution in [1.82, 2.24) is 0 Å². The molecule has 13 heavy (non-hydrogen) atoms. The van der Waals surface area contributed by atoms with Gasteiger partial charge < -0.3 is 0 Å². The first-order valence-corrected chi connectivity index (χ1v) is 4.03. The number of benzene rings is 1. The molecule has 0 aliphatic rings. The number of hydrogen-bond donors (Lipinski definition) is 0. The van der Waals surface area contributed by atoms with E-state index in [2.05, 4.69) is 16.3 Å². The minimum absolute atomic E-state index is 0.740. The van der Waals surface area contributed by atoms with Crippen molar-refractivity contribution in [1.29, 1.82) is 5.26 Å². The molecule has 0 atom stereocenters. The molecule has 0 saturated heterocycles. The van der Waals surface area contributed by atoms with Gasteiger partial charge in [0.2, 0.25) is 0 Å². The molecule has 0 aromatic heterocycles. The van der Waals surface area contributed by atoms with Crippen molar-refractivity contribution in [2.24, 2.45) is 10.2 Å². The lowest BCUT2D eigenvalue weighted by atomic mass is 10.1. The number of hydrogen-bond acceptors (Lipinski definition) is 3. The van der Waals surface area contributed by atoms with Crippen LogP contribution in [-0.2, 0) is 0 Å². The maximum atomic E-state index is 8.67. The second-order valence-electron chi connectivity index (χ2n) is 3.21. The number of azo groups is 1. The molecule has 0 aliphatic heterocycles. The fourth-order valence-electron chi connectivity index (χ4n) is 0.700. The van der Waals surface area contributed by atoms with Gasteiger partial charge in [0.05, 0.1) is 11.8 Å². The zero-order valence-electron chi connectivity index (χ0n) is 7.73. The highest BCUT2D eigenvalue weighted by atomic mass is 15.1. The summed E-state index contributed by atoms with van der Waals surface area (Å²) in [7, 11) is 0. The summed E-state index contributed by atoms with van der Waals surface area (Å²) in [5.41, 5.74) is 0.0290. The minimum Gasteiger partial charge on any atom is -0.196 e. The topological polar surface area (TPSA) is 48.5 Å². The monoisotopic (exact) mass is 173 g/mol. The molecule has 0 radical (unpaired) electrons. The first kappa shape index (κ1) is 9.40. The minimum atomic E-state index is -0.740. The van der Waals surface area contributed by atoms with E-state index in [0.717, 1.165) is 5.69 Å². The second kappa shape index (κ2) is 3.81. The van der Waals surface area contributed by atoms with E-state index in [-0.39, 0.29) is 0 Å². The van der Waals surface area contributed by atoms with Crippen molar-refractivity contribution >= 4 is 5.69 Å². The van der Waals surface area contributed by atoms with Gasteiger partial charge >= 0.3 is 0 Å². The van der Waals surface area contributed by atoms with Crippen molar-refractivity contribution in [2.45, 2.75) is 19.4 Å². The molecular formula is C10H11N3. The van der Waals surface area contributed by atoms with Gasteiger partial charge in [-0.1, -0.05) is 18.2 Å². The lowest BCUT2D eigenvalue weighted by Crippen LogP contribution is -2.10. The highest BCUT2D eigenvalue weighted by molar-refractivity contribution is 5.34. The van der Waals surface area contributed by atoms with E-state index in [1.807, 2.05) is 30.3 Å². The van der Waals surface area contributed by atoms with Gasteiger partial charge in [0.1, 0.15) is 0 Å². The molecule has 3 heteroatoms. The summed E-state index contributed by atoms with van der Waals surface area (Å²) >= 11 is 0. The molecule has 3 nitrogen and oxygen atoms in total. The third-order valence-corrected chi connectivity index (χ3v) is 1.45. The molecule has 0 aliphatic carbocycles. The van der Waals surface area contributed by atoms with Crippen molar-refractivity contribution in [3.63, 3.8) is 0 Å². The molecule has 66 valence electrons.